The third-order valence-corrected chi connectivity index (χ3v) is 6.94. The van der Waals surface area contributed by atoms with Gasteiger partial charge in [-0.05, 0) is 67.3 Å². The first kappa shape index (κ1) is 25.5. The second kappa shape index (κ2) is 11.5. The number of carbonyl (C=O) groups is 1. The van der Waals surface area contributed by atoms with Crippen molar-refractivity contribution in [1.29, 1.82) is 0 Å². The van der Waals surface area contributed by atoms with Crippen molar-refractivity contribution in [2.24, 2.45) is 0 Å². The van der Waals surface area contributed by atoms with Gasteiger partial charge in [0.25, 0.3) is 0 Å². The van der Waals surface area contributed by atoms with Gasteiger partial charge in [-0.1, -0.05) is 30.3 Å². The van der Waals surface area contributed by atoms with Crippen LogP contribution in [-0.4, -0.2) is 35.7 Å². The van der Waals surface area contributed by atoms with Crippen LogP contribution in [0.1, 0.15) is 36.6 Å². The number of allylic oxidation sites excluding steroid dienone is 1. The molecule has 2 heterocycles. The molecule has 0 bridgehead atoms. The van der Waals surface area contributed by atoms with Crippen LogP contribution in [0.4, 0.5) is 10.1 Å². The number of ether oxygens (including phenoxy) is 2. The molecule has 0 spiro atoms. The van der Waals surface area contributed by atoms with Crippen LogP contribution in [0.5, 0.6) is 11.5 Å². The van der Waals surface area contributed by atoms with Crippen molar-refractivity contribution in [3.8, 4) is 11.5 Å². The molecular formula is C31H32FN3O3. The van der Waals surface area contributed by atoms with Gasteiger partial charge in [-0.15, -0.1) is 6.58 Å². The summed E-state index contributed by atoms with van der Waals surface area (Å²) < 4.78 is 27.6. The molecule has 1 amide bonds. The highest BCUT2D eigenvalue weighted by Crippen LogP contribution is 2.34. The smallest absolute Gasteiger partial charge is 0.227 e. The zero-order chi connectivity index (χ0) is 26.5. The van der Waals surface area contributed by atoms with Crippen LogP contribution < -0.4 is 14.4 Å². The number of halogens is 1. The SMILES string of the molecule is C=CCc1ccc(OCCCCn2c(C3CC(=O)N(c4cccc(F)c4)C3)nc3ccccc32)c(OC)c1. The van der Waals surface area contributed by atoms with Crippen LogP contribution >= 0.6 is 0 Å². The van der Waals surface area contributed by atoms with E-state index in [0.29, 0.717) is 25.3 Å². The molecular weight excluding hydrogens is 481 g/mol. The standard InChI is InChI=1S/C31H32FN3O3/c1-3-9-22-14-15-28(29(18-22)37-2)38-17-7-6-16-34-27-13-5-4-12-26(27)33-31(34)23-19-30(36)35(21-23)25-11-8-10-24(32)20-25/h3-5,8,10-15,18,20,23H,1,6-7,9,16-17,19,21H2,2H3. The molecule has 4 aromatic rings. The number of methoxy groups -OCH3 is 1. The number of amides is 1. The fourth-order valence-electron chi connectivity index (χ4n) is 5.09. The summed E-state index contributed by atoms with van der Waals surface area (Å²) >= 11 is 0. The Morgan fingerprint density at radius 1 is 1.08 bits per heavy atom. The van der Waals surface area contributed by atoms with Gasteiger partial charge in [-0.3, -0.25) is 4.79 Å². The average Bonchev–Trinajstić information content (AvgIpc) is 3.49. The van der Waals surface area contributed by atoms with Crippen molar-refractivity contribution >= 4 is 22.6 Å². The number of hydrogen-bond acceptors (Lipinski definition) is 4. The predicted octanol–water partition coefficient (Wildman–Crippen LogP) is 6.29. The number of nitrogens with zero attached hydrogens (tertiary/aromatic N) is 3. The highest BCUT2D eigenvalue weighted by atomic mass is 19.1. The number of imidazole rings is 1. The van der Waals surface area contributed by atoms with E-state index in [9.17, 15) is 9.18 Å². The molecule has 0 aliphatic carbocycles. The summed E-state index contributed by atoms with van der Waals surface area (Å²) in [5.41, 5.74) is 3.69. The molecule has 38 heavy (non-hydrogen) atoms. The Bertz CT molecular complexity index is 1450. The Hall–Kier alpha value is -4.13. The van der Waals surface area contributed by atoms with Gasteiger partial charge in [0.05, 0.1) is 24.8 Å². The van der Waals surface area contributed by atoms with Crippen molar-refractivity contribution in [3.05, 3.63) is 96.6 Å². The van der Waals surface area contributed by atoms with E-state index in [2.05, 4.69) is 17.2 Å². The average molecular weight is 514 g/mol. The van der Waals surface area contributed by atoms with Crippen LogP contribution in [-0.2, 0) is 17.8 Å². The lowest BCUT2D eigenvalue weighted by Gasteiger charge is -2.17. The first-order valence-electron chi connectivity index (χ1n) is 13.0. The lowest BCUT2D eigenvalue weighted by Crippen LogP contribution is -2.24. The molecule has 1 fully saturated rings. The maximum Gasteiger partial charge on any atom is 0.227 e. The monoisotopic (exact) mass is 513 g/mol. The van der Waals surface area contributed by atoms with Crippen molar-refractivity contribution in [1.82, 2.24) is 9.55 Å². The molecule has 196 valence electrons. The van der Waals surface area contributed by atoms with E-state index < -0.39 is 0 Å². The van der Waals surface area contributed by atoms with E-state index in [1.807, 2.05) is 42.5 Å². The summed E-state index contributed by atoms with van der Waals surface area (Å²) in [6, 6.07) is 20.2. The van der Waals surface area contributed by atoms with Gasteiger partial charge in [0.15, 0.2) is 11.5 Å². The third-order valence-electron chi connectivity index (χ3n) is 6.94. The molecule has 0 saturated carbocycles. The number of anilines is 1. The summed E-state index contributed by atoms with van der Waals surface area (Å²) in [6.45, 7) is 5.60. The molecule has 5 rings (SSSR count). The van der Waals surface area contributed by atoms with Crippen molar-refractivity contribution in [2.75, 3.05) is 25.2 Å². The van der Waals surface area contributed by atoms with E-state index in [-0.39, 0.29) is 17.6 Å². The maximum atomic E-state index is 13.8. The molecule has 1 saturated heterocycles. The minimum absolute atomic E-state index is 0.0133. The van der Waals surface area contributed by atoms with Gasteiger partial charge in [0.2, 0.25) is 5.91 Å². The molecule has 0 radical (unpaired) electrons. The molecule has 7 heteroatoms. The molecule has 1 aliphatic rings. The van der Waals surface area contributed by atoms with E-state index >= 15 is 0 Å². The summed E-state index contributed by atoms with van der Waals surface area (Å²) in [6.07, 6.45) is 4.74. The largest absolute Gasteiger partial charge is 0.493 e. The van der Waals surface area contributed by atoms with Crippen LogP contribution in [0.2, 0.25) is 0 Å². The summed E-state index contributed by atoms with van der Waals surface area (Å²) in [5, 5.41) is 0. The molecule has 0 N–H and O–H groups in total. The topological polar surface area (TPSA) is 56.6 Å². The normalized spacial score (nSPS) is 15.3. The van der Waals surface area contributed by atoms with Gasteiger partial charge >= 0.3 is 0 Å². The summed E-state index contributed by atoms with van der Waals surface area (Å²) in [5.74, 6) is 1.93. The maximum absolute atomic E-state index is 13.8. The highest BCUT2D eigenvalue weighted by molar-refractivity contribution is 5.96. The number of carbonyl (C=O) groups excluding carboxylic acids is 1. The first-order chi connectivity index (χ1) is 18.6. The number of para-hydroxylation sites is 2. The highest BCUT2D eigenvalue weighted by Gasteiger charge is 2.34. The quantitative estimate of drug-likeness (QED) is 0.175. The number of hydrogen-bond donors (Lipinski definition) is 0. The number of fused-ring (bicyclic) bond motifs is 1. The molecule has 6 nitrogen and oxygen atoms in total. The molecule has 1 aromatic heterocycles. The van der Waals surface area contributed by atoms with E-state index in [0.717, 1.165) is 59.7 Å². The van der Waals surface area contributed by atoms with Crippen molar-refractivity contribution in [3.63, 3.8) is 0 Å². The number of unbranched alkanes of at least 4 members (excludes halogenated alkanes) is 1. The van der Waals surface area contributed by atoms with Crippen LogP contribution in [0.25, 0.3) is 11.0 Å². The third kappa shape index (κ3) is 5.42. The second-order valence-corrected chi connectivity index (χ2v) is 9.53. The minimum atomic E-state index is -0.349. The Labute approximate surface area is 222 Å². The van der Waals surface area contributed by atoms with E-state index in [4.69, 9.17) is 14.5 Å². The summed E-state index contributed by atoms with van der Waals surface area (Å²) in [7, 11) is 1.65. The number of aromatic nitrogens is 2. The lowest BCUT2D eigenvalue weighted by atomic mass is 10.1. The Balaban J connectivity index is 1.26. The predicted molar refractivity (Wildman–Crippen MR) is 147 cm³/mol. The van der Waals surface area contributed by atoms with Crippen molar-refractivity contribution in [2.45, 2.75) is 38.1 Å². The molecule has 1 unspecified atom stereocenters. The lowest BCUT2D eigenvalue weighted by molar-refractivity contribution is -0.117. The minimum Gasteiger partial charge on any atom is -0.493 e. The summed E-state index contributed by atoms with van der Waals surface area (Å²) in [4.78, 5) is 19.5. The zero-order valence-electron chi connectivity index (χ0n) is 21.6. The van der Waals surface area contributed by atoms with E-state index in [1.165, 1.54) is 12.1 Å². The van der Waals surface area contributed by atoms with Gasteiger partial charge in [0.1, 0.15) is 11.6 Å². The molecule has 1 aliphatic heterocycles. The Morgan fingerprint density at radius 3 is 2.76 bits per heavy atom. The fourth-order valence-corrected chi connectivity index (χ4v) is 5.09. The number of benzene rings is 3. The molecule has 1 atom stereocenters. The number of aryl methyl sites for hydroxylation is 1. The van der Waals surface area contributed by atoms with Crippen LogP contribution in [0, 0.1) is 5.82 Å². The second-order valence-electron chi connectivity index (χ2n) is 9.53. The molecule has 3 aromatic carbocycles. The van der Waals surface area contributed by atoms with Crippen LogP contribution in [0.15, 0.2) is 79.4 Å². The van der Waals surface area contributed by atoms with Gasteiger partial charge in [-0.25, -0.2) is 9.37 Å². The van der Waals surface area contributed by atoms with Gasteiger partial charge in [0, 0.05) is 31.1 Å². The fraction of sp³-hybridized carbons (Fsp3) is 0.290. The Morgan fingerprint density at radius 2 is 1.95 bits per heavy atom. The number of rotatable bonds is 11. The Kier molecular flexibility index (Phi) is 7.73. The van der Waals surface area contributed by atoms with Crippen LogP contribution in [0.3, 0.4) is 0 Å². The van der Waals surface area contributed by atoms with Gasteiger partial charge in [-0.2, -0.15) is 0 Å². The zero-order valence-corrected chi connectivity index (χ0v) is 21.6. The van der Waals surface area contributed by atoms with Crippen molar-refractivity contribution < 1.29 is 18.7 Å². The van der Waals surface area contributed by atoms with Gasteiger partial charge < -0.3 is 18.9 Å². The van der Waals surface area contributed by atoms with E-state index in [1.54, 1.807) is 24.1 Å². The first-order valence-corrected chi connectivity index (χ1v) is 13.0.